The maximum atomic E-state index is 12.1. The number of ether oxygens (including phenoxy) is 2. The summed E-state index contributed by atoms with van der Waals surface area (Å²) >= 11 is 0. The van der Waals surface area contributed by atoms with Gasteiger partial charge in [0, 0.05) is 30.1 Å². The van der Waals surface area contributed by atoms with Gasteiger partial charge in [-0.2, -0.15) is 0 Å². The third-order valence-electron chi connectivity index (χ3n) is 3.78. The smallest absolute Gasteiger partial charge is 0.240 e. The summed E-state index contributed by atoms with van der Waals surface area (Å²) in [7, 11) is 0. The average Bonchev–Trinajstić information content (AvgIpc) is 2.96. The number of carbonyl (C=O) groups is 1. The molecule has 0 saturated carbocycles. The lowest BCUT2D eigenvalue weighted by Gasteiger charge is -2.14. The van der Waals surface area contributed by atoms with E-state index in [-0.39, 0.29) is 24.7 Å². The zero-order valence-corrected chi connectivity index (χ0v) is 13.1. The molecule has 1 amide bonds. The number of amides is 1. The van der Waals surface area contributed by atoms with Gasteiger partial charge in [-0.05, 0) is 31.5 Å². The van der Waals surface area contributed by atoms with E-state index in [0.717, 1.165) is 22.7 Å². The lowest BCUT2D eigenvalue weighted by molar-refractivity contribution is -0.121. The Kier molecular flexibility index (Phi) is 4.06. The van der Waals surface area contributed by atoms with Crippen LogP contribution in [-0.4, -0.2) is 17.3 Å². The predicted molar refractivity (Wildman–Crippen MR) is 84.6 cm³/mol. The molecular weight excluding hydrogens is 296 g/mol. The summed E-state index contributed by atoms with van der Waals surface area (Å²) in [6, 6.07) is 8.64. The van der Waals surface area contributed by atoms with E-state index < -0.39 is 0 Å². The van der Waals surface area contributed by atoms with Crippen LogP contribution in [-0.2, 0) is 17.9 Å². The Morgan fingerprint density at radius 1 is 1.13 bits per heavy atom. The van der Waals surface area contributed by atoms with Crippen LogP contribution in [0.4, 0.5) is 0 Å². The maximum absolute atomic E-state index is 12.1. The molecule has 0 fully saturated rings. The molecule has 0 radical (unpaired) electrons. The molecule has 0 bridgehead atoms. The molecule has 6 heteroatoms. The molecule has 1 aromatic heterocycles. The predicted octanol–water partition coefficient (Wildman–Crippen LogP) is 1.51. The van der Waals surface area contributed by atoms with Gasteiger partial charge >= 0.3 is 0 Å². The minimum absolute atomic E-state index is 0.0444. The highest BCUT2D eigenvalue weighted by Crippen LogP contribution is 2.32. The Morgan fingerprint density at radius 2 is 1.83 bits per heavy atom. The van der Waals surface area contributed by atoms with E-state index >= 15 is 0 Å². The molecule has 23 heavy (non-hydrogen) atoms. The minimum atomic E-state index is -0.113. The second-order valence-electron chi connectivity index (χ2n) is 5.52. The van der Waals surface area contributed by atoms with Crippen LogP contribution in [0.5, 0.6) is 11.5 Å². The van der Waals surface area contributed by atoms with Crippen molar-refractivity contribution in [3.63, 3.8) is 0 Å². The van der Waals surface area contributed by atoms with Gasteiger partial charge in [0.25, 0.3) is 0 Å². The molecule has 1 aromatic carbocycles. The summed E-state index contributed by atoms with van der Waals surface area (Å²) in [6.07, 6.45) is 0. The number of benzene rings is 1. The fraction of sp³-hybridized carbons (Fsp3) is 0.294. The van der Waals surface area contributed by atoms with Crippen LogP contribution >= 0.6 is 0 Å². The van der Waals surface area contributed by atoms with E-state index in [1.807, 2.05) is 36.6 Å². The summed E-state index contributed by atoms with van der Waals surface area (Å²) in [6.45, 7) is 4.46. The molecule has 0 spiro atoms. The topological polar surface area (TPSA) is 69.6 Å². The number of hydrogen-bond acceptors (Lipinski definition) is 4. The summed E-state index contributed by atoms with van der Waals surface area (Å²) in [5.74, 6) is 1.31. The first kappa shape index (κ1) is 15.1. The third-order valence-corrected chi connectivity index (χ3v) is 3.78. The molecule has 3 rings (SSSR count). The van der Waals surface area contributed by atoms with E-state index in [4.69, 9.17) is 9.47 Å². The molecule has 1 N–H and O–H groups in total. The van der Waals surface area contributed by atoms with Gasteiger partial charge in [-0.15, -0.1) is 0 Å². The Labute approximate surface area is 133 Å². The van der Waals surface area contributed by atoms with Gasteiger partial charge in [0.1, 0.15) is 6.54 Å². The summed E-state index contributed by atoms with van der Waals surface area (Å²) in [5, 5.41) is 2.87. The molecule has 0 saturated heterocycles. The molecule has 1 aliphatic heterocycles. The van der Waals surface area contributed by atoms with Crippen molar-refractivity contribution in [3.8, 4) is 11.5 Å². The Bertz CT molecular complexity index is 784. The molecule has 1 aliphatic rings. The second kappa shape index (κ2) is 6.16. The number of nitrogens with one attached hydrogen (secondary N) is 1. The normalized spacial score (nSPS) is 12.3. The van der Waals surface area contributed by atoms with Crippen molar-refractivity contribution in [3.05, 3.63) is 57.5 Å². The average molecular weight is 314 g/mol. The molecule has 2 aromatic rings. The van der Waals surface area contributed by atoms with Crippen LogP contribution in [0.25, 0.3) is 0 Å². The fourth-order valence-electron chi connectivity index (χ4n) is 2.59. The number of pyridine rings is 1. The Hall–Kier alpha value is -2.76. The van der Waals surface area contributed by atoms with Crippen LogP contribution in [0.3, 0.4) is 0 Å². The Balaban J connectivity index is 1.63. The van der Waals surface area contributed by atoms with Gasteiger partial charge in [-0.25, -0.2) is 0 Å². The second-order valence-corrected chi connectivity index (χ2v) is 5.52. The molecule has 120 valence electrons. The van der Waals surface area contributed by atoms with Gasteiger partial charge in [0.15, 0.2) is 16.9 Å². The SMILES string of the molecule is Cc1cc(=O)cc(C)n1CC(=O)NCc1ccc2c(c1)OCO2. The van der Waals surface area contributed by atoms with Crippen LogP contribution in [0.1, 0.15) is 17.0 Å². The summed E-state index contributed by atoms with van der Waals surface area (Å²) in [4.78, 5) is 23.6. The first-order valence-corrected chi connectivity index (χ1v) is 7.36. The van der Waals surface area contributed by atoms with E-state index in [1.165, 1.54) is 12.1 Å². The summed E-state index contributed by atoms with van der Waals surface area (Å²) < 4.78 is 12.4. The van der Waals surface area contributed by atoms with Gasteiger partial charge in [0.05, 0.1) is 0 Å². The monoisotopic (exact) mass is 314 g/mol. The number of carbonyl (C=O) groups excluding carboxylic acids is 1. The van der Waals surface area contributed by atoms with E-state index in [1.54, 1.807) is 0 Å². The van der Waals surface area contributed by atoms with Crippen molar-refractivity contribution in [2.24, 2.45) is 0 Å². The van der Waals surface area contributed by atoms with Crippen molar-refractivity contribution in [2.45, 2.75) is 26.9 Å². The van der Waals surface area contributed by atoms with Crippen molar-refractivity contribution in [1.29, 1.82) is 0 Å². The largest absolute Gasteiger partial charge is 0.454 e. The highest BCUT2D eigenvalue weighted by Gasteiger charge is 2.13. The number of fused-ring (bicyclic) bond motifs is 1. The molecule has 6 nitrogen and oxygen atoms in total. The van der Waals surface area contributed by atoms with Crippen molar-refractivity contribution >= 4 is 5.91 Å². The van der Waals surface area contributed by atoms with Crippen LogP contribution < -0.4 is 20.2 Å². The molecule has 0 unspecified atom stereocenters. The molecular formula is C17H18N2O4. The van der Waals surface area contributed by atoms with Gasteiger partial charge < -0.3 is 19.4 Å². The standard InChI is InChI=1S/C17H18N2O4/c1-11-5-14(20)6-12(2)19(11)9-17(21)18-8-13-3-4-15-16(7-13)23-10-22-15/h3-7H,8-10H2,1-2H3,(H,18,21). The first-order valence-electron chi connectivity index (χ1n) is 7.36. The number of nitrogens with zero attached hydrogens (tertiary/aromatic N) is 1. The zero-order chi connectivity index (χ0) is 16.4. The van der Waals surface area contributed by atoms with Gasteiger partial charge in [0.2, 0.25) is 12.7 Å². The highest BCUT2D eigenvalue weighted by atomic mass is 16.7. The number of rotatable bonds is 4. The maximum Gasteiger partial charge on any atom is 0.240 e. The first-order chi connectivity index (χ1) is 11.0. The van der Waals surface area contributed by atoms with E-state index in [0.29, 0.717) is 12.3 Å². The van der Waals surface area contributed by atoms with Gasteiger partial charge in [-0.3, -0.25) is 9.59 Å². The van der Waals surface area contributed by atoms with Crippen molar-refractivity contribution < 1.29 is 14.3 Å². The highest BCUT2D eigenvalue weighted by molar-refractivity contribution is 5.76. The minimum Gasteiger partial charge on any atom is -0.454 e. The number of aromatic nitrogens is 1. The third kappa shape index (κ3) is 3.36. The lowest BCUT2D eigenvalue weighted by atomic mass is 10.2. The van der Waals surface area contributed by atoms with Crippen LogP contribution in [0, 0.1) is 13.8 Å². The van der Waals surface area contributed by atoms with E-state index in [2.05, 4.69) is 5.32 Å². The van der Waals surface area contributed by atoms with Crippen LogP contribution in [0.15, 0.2) is 35.1 Å². The number of hydrogen-bond donors (Lipinski definition) is 1. The Morgan fingerprint density at radius 3 is 2.57 bits per heavy atom. The molecule has 0 atom stereocenters. The zero-order valence-electron chi connectivity index (χ0n) is 13.1. The van der Waals surface area contributed by atoms with Gasteiger partial charge in [-0.1, -0.05) is 6.07 Å². The lowest BCUT2D eigenvalue weighted by Crippen LogP contribution is -2.29. The van der Waals surface area contributed by atoms with Crippen molar-refractivity contribution in [2.75, 3.05) is 6.79 Å². The number of aryl methyl sites for hydroxylation is 2. The van der Waals surface area contributed by atoms with Crippen LogP contribution in [0.2, 0.25) is 0 Å². The summed E-state index contributed by atoms with van der Waals surface area (Å²) in [5.41, 5.74) is 2.44. The fourth-order valence-corrected chi connectivity index (χ4v) is 2.59. The molecule has 0 aliphatic carbocycles. The molecule has 2 heterocycles. The van der Waals surface area contributed by atoms with Crippen molar-refractivity contribution in [1.82, 2.24) is 9.88 Å². The quantitative estimate of drug-likeness (QED) is 0.929. The van der Waals surface area contributed by atoms with E-state index in [9.17, 15) is 9.59 Å².